The number of carbonyl (C=O) groups is 1. The van der Waals surface area contributed by atoms with Crippen LogP contribution in [0, 0.1) is 12.8 Å². The van der Waals surface area contributed by atoms with Crippen LogP contribution in [0.25, 0.3) is 55.2 Å². The number of imidazole rings is 1. The van der Waals surface area contributed by atoms with Crippen LogP contribution in [0.5, 0.6) is 0 Å². The van der Waals surface area contributed by atoms with Gasteiger partial charge in [-0.2, -0.15) is 5.10 Å². The Balaban J connectivity index is 1.22. The maximum absolute atomic E-state index is 12.8. The van der Waals surface area contributed by atoms with Crippen LogP contribution in [0.3, 0.4) is 0 Å². The number of para-hydroxylation sites is 1. The van der Waals surface area contributed by atoms with Gasteiger partial charge in [0.15, 0.2) is 5.82 Å². The number of anilines is 1. The first-order chi connectivity index (χ1) is 19.1. The molecule has 3 N–H and O–H groups in total. The Morgan fingerprint density at radius 2 is 1.92 bits per heavy atom. The number of rotatable bonds is 5. The number of pyridine rings is 2. The van der Waals surface area contributed by atoms with E-state index in [4.69, 9.17) is 4.98 Å². The summed E-state index contributed by atoms with van der Waals surface area (Å²) >= 11 is 1.76. The number of H-pyrrole nitrogens is 2. The van der Waals surface area contributed by atoms with Gasteiger partial charge in [0.25, 0.3) is 0 Å². The fourth-order valence-electron chi connectivity index (χ4n) is 5.44. The summed E-state index contributed by atoms with van der Waals surface area (Å²) in [6, 6.07) is 14.4. The zero-order valence-electron chi connectivity index (χ0n) is 21.5. The standard InChI is InChI=1S/C30H27N7OS/c1-17-10-11-26(39-17)21-8-5-9-23-27(21)35-29(34-23)28-22-13-24(32-16-25(22)36-37-28)19-12-20(15-31-14-19)33-30(38)18-6-3-2-4-7-18/h5,8-16,18H,2-4,6-7H2,1H3,(H,33,38)(H,34,35)(H,36,37). The van der Waals surface area contributed by atoms with Crippen molar-refractivity contribution in [1.82, 2.24) is 30.1 Å². The molecular formula is C30H27N7OS. The molecule has 9 heteroatoms. The van der Waals surface area contributed by atoms with Crippen molar-refractivity contribution in [1.29, 1.82) is 0 Å². The van der Waals surface area contributed by atoms with Gasteiger partial charge in [0, 0.05) is 38.4 Å². The lowest BCUT2D eigenvalue weighted by atomic mass is 9.88. The second-order valence-corrected chi connectivity index (χ2v) is 11.5. The number of amides is 1. The van der Waals surface area contributed by atoms with Crippen LogP contribution in [0.1, 0.15) is 37.0 Å². The topological polar surface area (TPSA) is 112 Å². The van der Waals surface area contributed by atoms with Crippen molar-refractivity contribution >= 4 is 44.9 Å². The summed E-state index contributed by atoms with van der Waals surface area (Å²) in [5, 5.41) is 11.6. The number of carbonyl (C=O) groups excluding carboxylic acids is 1. The fourth-order valence-corrected chi connectivity index (χ4v) is 6.33. The summed E-state index contributed by atoms with van der Waals surface area (Å²) in [7, 11) is 0. The van der Waals surface area contributed by atoms with Crippen molar-refractivity contribution in [3.63, 3.8) is 0 Å². The summed E-state index contributed by atoms with van der Waals surface area (Å²) in [4.78, 5) is 32.7. The van der Waals surface area contributed by atoms with Gasteiger partial charge in [0.1, 0.15) is 5.69 Å². The third-order valence-corrected chi connectivity index (χ3v) is 8.50. The highest BCUT2D eigenvalue weighted by Crippen LogP contribution is 2.35. The highest BCUT2D eigenvalue weighted by molar-refractivity contribution is 7.15. The van der Waals surface area contributed by atoms with E-state index in [1.807, 2.05) is 24.3 Å². The third-order valence-electron chi connectivity index (χ3n) is 7.47. The Morgan fingerprint density at radius 3 is 2.77 bits per heavy atom. The van der Waals surface area contributed by atoms with Gasteiger partial charge in [-0.3, -0.25) is 19.9 Å². The lowest BCUT2D eigenvalue weighted by Crippen LogP contribution is -2.24. The van der Waals surface area contributed by atoms with Crippen LogP contribution >= 0.6 is 11.3 Å². The molecule has 1 saturated carbocycles. The maximum Gasteiger partial charge on any atom is 0.227 e. The first kappa shape index (κ1) is 23.7. The molecule has 5 aromatic heterocycles. The monoisotopic (exact) mass is 533 g/mol. The summed E-state index contributed by atoms with van der Waals surface area (Å²) < 4.78 is 0. The number of hydrogen-bond acceptors (Lipinski definition) is 6. The molecule has 1 amide bonds. The van der Waals surface area contributed by atoms with E-state index in [-0.39, 0.29) is 11.8 Å². The molecule has 6 aromatic rings. The van der Waals surface area contributed by atoms with Crippen LogP contribution in [-0.2, 0) is 4.79 Å². The highest BCUT2D eigenvalue weighted by atomic mass is 32.1. The Morgan fingerprint density at radius 1 is 1.03 bits per heavy atom. The molecular weight excluding hydrogens is 506 g/mol. The molecule has 8 nitrogen and oxygen atoms in total. The quantitative estimate of drug-likeness (QED) is 0.218. The van der Waals surface area contributed by atoms with Gasteiger partial charge < -0.3 is 10.3 Å². The minimum Gasteiger partial charge on any atom is -0.337 e. The maximum atomic E-state index is 12.8. The van der Waals surface area contributed by atoms with Gasteiger partial charge in [0.2, 0.25) is 5.91 Å². The Kier molecular flexibility index (Phi) is 5.93. The normalized spacial score (nSPS) is 14.3. The zero-order valence-corrected chi connectivity index (χ0v) is 22.3. The van der Waals surface area contributed by atoms with Crippen LogP contribution in [-0.4, -0.2) is 36.0 Å². The molecule has 1 aromatic carbocycles. The Labute approximate surface area is 228 Å². The number of thiophene rings is 1. The molecule has 39 heavy (non-hydrogen) atoms. The first-order valence-electron chi connectivity index (χ1n) is 13.3. The van der Waals surface area contributed by atoms with E-state index in [9.17, 15) is 4.79 Å². The van der Waals surface area contributed by atoms with Crippen LogP contribution in [0.4, 0.5) is 5.69 Å². The number of fused-ring (bicyclic) bond motifs is 2. The Bertz CT molecular complexity index is 1830. The molecule has 0 atom stereocenters. The number of nitrogens with one attached hydrogen (secondary N) is 3. The number of nitrogens with zero attached hydrogens (tertiary/aromatic N) is 4. The largest absolute Gasteiger partial charge is 0.337 e. The SMILES string of the molecule is Cc1ccc(-c2cccc3[nH]c(-c4n[nH]c5cnc(-c6cncc(NC(=O)C7CCCCC7)c6)cc45)nc23)s1. The van der Waals surface area contributed by atoms with Crippen molar-refractivity contribution in [2.45, 2.75) is 39.0 Å². The van der Waals surface area contributed by atoms with Crippen LogP contribution < -0.4 is 5.32 Å². The van der Waals surface area contributed by atoms with Gasteiger partial charge in [-0.25, -0.2) is 4.98 Å². The number of hydrogen-bond donors (Lipinski definition) is 3. The molecule has 1 fully saturated rings. The lowest BCUT2D eigenvalue weighted by molar-refractivity contribution is -0.120. The first-order valence-corrected chi connectivity index (χ1v) is 14.1. The summed E-state index contributed by atoms with van der Waals surface area (Å²) in [5.41, 5.74) is 6.79. The Hall–Kier alpha value is -4.37. The summed E-state index contributed by atoms with van der Waals surface area (Å²) in [6.45, 7) is 2.11. The molecule has 0 aliphatic heterocycles. The average Bonchev–Trinajstić information content (AvgIpc) is 3.71. The molecule has 0 bridgehead atoms. The average molecular weight is 534 g/mol. The van der Waals surface area contributed by atoms with Gasteiger partial charge in [-0.05, 0) is 50.1 Å². The molecule has 0 unspecified atom stereocenters. The molecule has 1 aliphatic rings. The summed E-state index contributed by atoms with van der Waals surface area (Å²) in [5.74, 6) is 0.857. The van der Waals surface area contributed by atoms with E-state index in [2.05, 4.69) is 55.6 Å². The van der Waals surface area contributed by atoms with E-state index in [1.54, 1.807) is 29.9 Å². The second kappa shape index (κ2) is 9.74. The van der Waals surface area contributed by atoms with Gasteiger partial charge in [-0.1, -0.05) is 31.4 Å². The van der Waals surface area contributed by atoms with E-state index in [0.29, 0.717) is 11.5 Å². The minimum atomic E-state index is 0.0798. The number of aromatic amines is 2. The van der Waals surface area contributed by atoms with Gasteiger partial charge >= 0.3 is 0 Å². The minimum absolute atomic E-state index is 0.0798. The van der Waals surface area contributed by atoms with E-state index in [1.165, 1.54) is 16.2 Å². The van der Waals surface area contributed by atoms with E-state index < -0.39 is 0 Å². The number of aryl methyl sites for hydroxylation is 1. The van der Waals surface area contributed by atoms with Crippen molar-refractivity contribution in [2.75, 3.05) is 5.32 Å². The van der Waals surface area contributed by atoms with Crippen molar-refractivity contribution in [3.05, 3.63) is 65.9 Å². The van der Waals surface area contributed by atoms with Gasteiger partial charge in [0.05, 0.1) is 40.3 Å². The molecule has 0 radical (unpaired) electrons. The second-order valence-electron chi connectivity index (χ2n) is 10.2. The zero-order chi connectivity index (χ0) is 26.3. The number of benzene rings is 1. The molecule has 5 heterocycles. The molecule has 7 rings (SSSR count). The summed E-state index contributed by atoms with van der Waals surface area (Å²) in [6.07, 6.45) is 10.6. The molecule has 1 aliphatic carbocycles. The van der Waals surface area contributed by atoms with Crippen molar-refractivity contribution in [2.24, 2.45) is 5.92 Å². The number of aromatic nitrogens is 6. The molecule has 0 spiro atoms. The third kappa shape index (κ3) is 4.48. The van der Waals surface area contributed by atoms with Crippen LogP contribution in [0.15, 0.2) is 61.1 Å². The van der Waals surface area contributed by atoms with Crippen LogP contribution in [0.2, 0.25) is 0 Å². The lowest BCUT2D eigenvalue weighted by Gasteiger charge is -2.20. The highest BCUT2D eigenvalue weighted by Gasteiger charge is 2.21. The van der Waals surface area contributed by atoms with E-state index >= 15 is 0 Å². The molecule has 0 saturated heterocycles. The smallest absolute Gasteiger partial charge is 0.227 e. The van der Waals surface area contributed by atoms with Crippen molar-refractivity contribution in [3.8, 4) is 33.2 Å². The van der Waals surface area contributed by atoms with Crippen molar-refractivity contribution < 1.29 is 4.79 Å². The van der Waals surface area contributed by atoms with E-state index in [0.717, 1.165) is 70.1 Å². The fraction of sp³-hybridized carbons (Fsp3) is 0.233. The predicted molar refractivity (Wildman–Crippen MR) is 155 cm³/mol. The molecule has 194 valence electrons. The predicted octanol–water partition coefficient (Wildman–Crippen LogP) is 7.12. The van der Waals surface area contributed by atoms with Gasteiger partial charge in [-0.15, -0.1) is 11.3 Å².